The van der Waals surface area contributed by atoms with Gasteiger partial charge in [0, 0.05) is 78.5 Å². The molecule has 1 aliphatic carbocycles. The molecule has 2 aliphatic heterocycles. The van der Waals surface area contributed by atoms with E-state index >= 15 is 0 Å². The molecule has 0 aromatic carbocycles. The maximum atomic E-state index is 11.7. The summed E-state index contributed by atoms with van der Waals surface area (Å²) in [6.07, 6.45) is 15.8. The second-order valence-electron chi connectivity index (χ2n) is 11.8. The molecule has 2 fully saturated rings. The molecule has 5 aromatic heterocycles. The van der Waals surface area contributed by atoms with Crippen molar-refractivity contribution in [3.8, 4) is 28.3 Å². The first-order chi connectivity index (χ1) is 21.1. The smallest absolute Gasteiger partial charge is 0.133 e. The summed E-state index contributed by atoms with van der Waals surface area (Å²) in [6, 6.07) is 12.8. The molecule has 1 spiro atoms. The summed E-state index contributed by atoms with van der Waals surface area (Å²) in [5.41, 5.74) is 6.98. The minimum atomic E-state index is -0.295. The number of ether oxygens (including phenoxy) is 1. The van der Waals surface area contributed by atoms with Crippen molar-refractivity contribution in [3.05, 3.63) is 84.3 Å². The topological polar surface area (TPSA) is 114 Å². The molecular formula is C33H30N8O2. The first-order valence-electron chi connectivity index (χ1n) is 14.9. The minimum absolute atomic E-state index is 0.234. The Morgan fingerprint density at radius 1 is 0.953 bits per heavy atom. The number of Topliss-reactive ketones (excluding diaryl/α,β-unsaturated/α-hetero) is 1. The van der Waals surface area contributed by atoms with Crippen molar-refractivity contribution in [2.45, 2.75) is 56.8 Å². The van der Waals surface area contributed by atoms with Crippen molar-refractivity contribution in [3.63, 3.8) is 0 Å². The van der Waals surface area contributed by atoms with Crippen LogP contribution in [0.1, 0.15) is 61.4 Å². The van der Waals surface area contributed by atoms with Crippen molar-refractivity contribution < 1.29 is 9.53 Å². The molecular weight excluding hydrogens is 540 g/mol. The van der Waals surface area contributed by atoms with Gasteiger partial charge in [-0.3, -0.25) is 14.5 Å². The van der Waals surface area contributed by atoms with Crippen molar-refractivity contribution >= 4 is 17.1 Å². The number of carbonyl (C=O) groups excluding carboxylic acids is 1. The fraction of sp³-hybridized carbons (Fsp3) is 0.333. The number of ketones is 1. The van der Waals surface area contributed by atoms with Gasteiger partial charge in [-0.1, -0.05) is 6.07 Å². The Hall–Kier alpha value is -4.88. The Bertz CT molecular complexity index is 1880. The molecule has 0 bridgehead atoms. The van der Waals surface area contributed by atoms with Gasteiger partial charge in [0.25, 0.3) is 0 Å². The predicted octanol–water partition coefficient (Wildman–Crippen LogP) is 5.24. The van der Waals surface area contributed by atoms with Gasteiger partial charge in [-0.25, -0.2) is 9.50 Å². The van der Waals surface area contributed by atoms with Gasteiger partial charge >= 0.3 is 0 Å². The molecule has 43 heavy (non-hydrogen) atoms. The van der Waals surface area contributed by atoms with E-state index in [-0.39, 0.29) is 11.6 Å². The van der Waals surface area contributed by atoms with Crippen LogP contribution in [0.5, 0.6) is 0 Å². The van der Waals surface area contributed by atoms with Gasteiger partial charge in [0.2, 0.25) is 0 Å². The van der Waals surface area contributed by atoms with Crippen molar-refractivity contribution in [1.82, 2.24) is 29.4 Å². The number of nitrogens with zero attached hydrogens (tertiary/aromatic N) is 8. The zero-order valence-corrected chi connectivity index (χ0v) is 23.7. The largest absolute Gasteiger partial charge is 0.364 e. The van der Waals surface area contributed by atoms with Crippen LogP contribution in [0.2, 0.25) is 0 Å². The second-order valence-corrected chi connectivity index (χ2v) is 11.8. The fourth-order valence-corrected chi connectivity index (χ4v) is 6.92. The number of rotatable bonds is 4. The van der Waals surface area contributed by atoms with E-state index in [4.69, 9.17) is 9.72 Å². The van der Waals surface area contributed by atoms with Crippen LogP contribution in [-0.4, -0.2) is 48.2 Å². The van der Waals surface area contributed by atoms with E-state index in [9.17, 15) is 10.1 Å². The summed E-state index contributed by atoms with van der Waals surface area (Å²) in [5.74, 6) is 1.26. The number of fused-ring (bicyclic) bond motifs is 3. The number of nitriles is 1. The summed E-state index contributed by atoms with van der Waals surface area (Å²) < 4.78 is 10.0. The Kier molecular flexibility index (Phi) is 6.08. The lowest BCUT2D eigenvalue weighted by atomic mass is 9.87. The average Bonchev–Trinajstić information content (AvgIpc) is 3.80. The molecule has 0 radical (unpaired) electrons. The average molecular weight is 571 g/mol. The van der Waals surface area contributed by atoms with Gasteiger partial charge in [0.05, 0.1) is 41.8 Å². The Morgan fingerprint density at radius 2 is 1.81 bits per heavy atom. The lowest BCUT2D eigenvalue weighted by Gasteiger charge is -2.39. The second kappa shape index (κ2) is 10.1. The standard InChI is InChI=1S/C33H30N8O2/c34-15-25-17-38-41-19-24(26-18-37-40(20-26)27-4-6-28(42)7-5-27)14-29(31(25)41)22-3-8-30(36-16-22)39-12-9-33(10-13-39)32-23(21-43-33)2-1-11-35-32/h1-3,8,11,14,16-20,27H,4-7,9-10,12-13,21H2. The molecule has 1 saturated carbocycles. The van der Waals surface area contributed by atoms with Gasteiger partial charge in [-0.05, 0) is 49.9 Å². The fourth-order valence-electron chi connectivity index (χ4n) is 6.92. The van der Waals surface area contributed by atoms with Crippen LogP contribution in [0.3, 0.4) is 0 Å². The monoisotopic (exact) mass is 570 g/mol. The third-order valence-corrected chi connectivity index (χ3v) is 9.33. The lowest BCUT2D eigenvalue weighted by Crippen LogP contribution is -2.43. The first-order valence-corrected chi connectivity index (χ1v) is 14.9. The SMILES string of the molecule is N#Cc1cnn2cc(-c3cnn(C4CCC(=O)CC4)c3)cc(-c3ccc(N4CCC5(CC4)OCc4cccnc45)nc3)c12. The molecule has 0 N–H and O–H groups in total. The summed E-state index contributed by atoms with van der Waals surface area (Å²) in [7, 11) is 0. The predicted molar refractivity (Wildman–Crippen MR) is 159 cm³/mol. The Labute approximate surface area is 248 Å². The number of hydrogen-bond acceptors (Lipinski definition) is 8. The van der Waals surface area contributed by atoms with Crippen LogP contribution in [0.25, 0.3) is 27.8 Å². The highest BCUT2D eigenvalue weighted by Gasteiger charge is 2.44. The first kappa shape index (κ1) is 25.8. The molecule has 8 rings (SSSR count). The normalized spacial score (nSPS) is 18.3. The number of carbonyl (C=O) groups is 1. The van der Waals surface area contributed by atoms with Gasteiger partial charge in [0.15, 0.2) is 0 Å². The highest BCUT2D eigenvalue weighted by Crippen LogP contribution is 2.43. The third-order valence-electron chi connectivity index (χ3n) is 9.33. The van der Waals surface area contributed by atoms with E-state index in [1.807, 2.05) is 41.7 Å². The van der Waals surface area contributed by atoms with E-state index in [1.165, 1.54) is 5.56 Å². The minimum Gasteiger partial charge on any atom is -0.364 e. The number of piperidine rings is 1. The van der Waals surface area contributed by atoms with Crippen molar-refractivity contribution in [2.75, 3.05) is 18.0 Å². The molecule has 1 saturated heterocycles. The van der Waals surface area contributed by atoms with Crippen LogP contribution in [0.4, 0.5) is 5.82 Å². The van der Waals surface area contributed by atoms with Crippen molar-refractivity contribution in [2.24, 2.45) is 0 Å². The van der Waals surface area contributed by atoms with E-state index in [0.717, 1.165) is 78.1 Å². The maximum Gasteiger partial charge on any atom is 0.133 e. The maximum absolute atomic E-state index is 11.7. The summed E-state index contributed by atoms with van der Waals surface area (Å²) in [4.78, 5) is 23.6. The Morgan fingerprint density at radius 3 is 2.60 bits per heavy atom. The zero-order valence-electron chi connectivity index (χ0n) is 23.7. The Balaban J connectivity index is 1.07. The molecule has 0 amide bonds. The van der Waals surface area contributed by atoms with E-state index in [1.54, 1.807) is 10.7 Å². The zero-order chi connectivity index (χ0) is 29.0. The summed E-state index contributed by atoms with van der Waals surface area (Å²) in [6.45, 7) is 2.30. The quantitative estimate of drug-likeness (QED) is 0.288. The highest BCUT2D eigenvalue weighted by atomic mass is 16.5. The summed E-state index contributed by atoms with van der Waals surface area (Å²) in [5, 5.41) is 19.0. The number of hydrogen-bond donors (Lipinski definition) is 0. The van der Waals surface area contributed by atoms with Gasteiger partial charge < -0.3 is 9.64 Å². The van der Waals surface area contributed by atoms with E-state index in [2.05, 4.69) is 50.4 Å². The van der Waals surface area contributed by atoms with Gasteiger partial charge in [-0.15, -0.1) is 0 Å². The van der Waals surface area contributed by atoms with E-state index < -0.39 is 0 Å². The van der Waals surface area contributed by atoms with Crippen molar-refractivity contribution in [1.29, 1.82) is 5.26 Å². The number of anilines is 1. The molecule has 0 atom stereocenters. The molecule has 3 aliphatic rings. The van der Waals surface area contributed by atoms with Crippen LogP contribution in [0.15, 0.2) is 67.5 Å². The molecule has 10 nitrogen and oxygen atoms in total. The molecule has 7 heterocycles. The third kappa shape index (κ3) is 4.39. The molecule has 0 unspecified atom stereocenters. The van der Waals surface area contributed by atoms with Gasteiger partial charge in [-0.2, -0.15) is 15.5 Å². The van der Waals surface area contributed by atoms with Crippen LogP contribution in [-0.2, 0) is 21.7 Å². The molecule has 10 heteroatoms. The molecule has 5 aromatic rings. The van der Waals surface area contributed by atoms with Crippen LogP contribution < -0.4 is 4.90 Å². The van der Waals surface area contributed by atoms with Gasteiger partial charge in [0.1, 0.15) is 23.3 Å². The number of aromatic nitrogens is 6. The highest BCUT2D eigenvalue weighted by molar-refractivity contribution is 5.87. The summed E-state index contributed by atoms with van der Waals surface area (Å²) >= 11 is 0. The molecule has 214 valence electrons. The number of pyridine rings is 3. The van der Waals surface area contributed by atoms with E-state index in [0.29, 0.717) is 30.8 Å². The van der Waals surface area contributed by atoms with Crippen LogP contribution >= 0.6 is 0 Å². The van der Waals surface area contributed by atoms with Crippen LogP contribution in [0, 0.1) is 11.3 Å². The lowest BCUT2D eigenvalue weighted by molar-refractivity contribution is -0.120.